The molecule has 172 valence electrons. The third kappa shape index (κ3) is 3.92. The first kappa shape index (κ1) is 21.4. The summed E-state index contributed by atoms with van der Waals surface area (Å²) in [5, 5.41) is 7.26. The van der Waals surface area contributed by atoms with Crippen LogP contribution in [0.3, 0.4) is 0 Å². The van der Waals surface area contributed by atoms with E-state index < -0.39 is 24.2 Å². The number of halogens is 3. The van der Waals surface area contributed by atoms with Crippen molar-refractivity contribution in [1.29, 1.82) is 0 Å². The van der Waals surface area contributed by atoms with Crippen molar-refractivity contribution in [2.75, 3.05) is 23.9 Å². The quantitative estimate of drug-likeness (QED) is 0.593. The molecule has 2 aromatic carbocycles. The highest BCUT2D eigenvalue weighted by molar-refractivity contribution is 6.06. The van der Waals surface area contributed by atoms with Crippen molar-refractivity contribution in [3.63, 3.8) is 0 Å². The molecule has 2 atom stereocenters. The van der Waals surface area contributed by atoms with Gasteiger partial charge in [0.1, 0.15) is 11.6 Å². The van der Waals surface area contributed by atoms with Gasteiger partial charge in [0.2, 0.25) is 0 Å². The van der Waals surface area contributed by atoms with Crippen molar-refractivity contribution in [3.8, 4) is 5.75 Å². The van der Waals surface area contributed by atoms with E-state index in [4.69, 9.17) is 4.74 Å². The van der Waals surface area contributed by atoms with Gasteiger partial charge in [-0.15, -0.1) is 0 Å². The first-order chi connectivity index (χ1) is 15.8. The number of aryl methyl sites for hydroxylation is 1. The maximum absolute atomic E-state index is 14.0. The minimum absolute atomic E-state index is 0.00487. The van der Waals surface area contributed by atoms with Gasteiger partial charge in [-0.05, 0) is 42.2 Å². The molecule has 5 rings (SSSR count). The van der Waals surface area contributed by atoms with Crippen LogP contribution in [-0.4, -0.2) is 35.5 Å². The Morgan fingerprint density at radius 3 is 2.76 bits per heavy atom. The molecule has 3 heterocycles. The summed E-state index contributed by atoms with van der Waals surface area (Å²) < 4.78 is 48.1. The van der Waals surface area contributed by atoms with Crippen molar-refractivity contribution in [2.24, 2.45) is 0 Å². The van der Waals surface area contributed by atoms with Gasteiger partial charge in [-0.2, -0.15) is 18.3 Å². The van der Waals surface area contributed by atoms with E-state index in [1.54, 1.807) is 29.2 Å². The third-order valence-electron chi connectivity index (χ3n) is 6.26. The van der Waals surface area contributed by atoms with Crippen LogP contribution in [0.4, 0.5) is 24.7 Å². The molecular formula is C24H23F3N4O2. The van der Waals surface area contributed by atoms with Crippen LogP contribution in [-0.2, 0) is 6.42 Å². The molecule has 0 fully saturated rings. The van der Waals surface area contributed by atoms with Crippen molar-refractivity contribution < 1.29 is 22.7 Å². The summed E-state index contributed by atoms with van der Waals surface area (Å²) in [6, 6.07) is 13.5. The summed E-state index contributed by atoms with van der Waals surface area (Å²) in [6.07, 6.45) is -3.11. The van der Waals surface area contributed by atoms with Crippen LogP contribution in [0.15, 0.2) is 54.6 Å². The van der Waals surface area contributed by atoms with Crippen LogP contribution in [0.1, 0.15) is 46.5 Å². The molecule has 9 heteroatoms. The highest BCUT2D eigenvalue weighted by Gasteiger charge is 2.47. The van der Waals surface area contributed by atoms with E-state index in [2.05, 4.69) is 10.4 Å². The lowest BCUT2D eigenvalue weighted by Crippen LogP contribution is -2.37. The first-order valence-corrected chi connectivity index (χ1v) is 10.8. The summed E-state index contributed by atoms with van der Waals surface area (Å²) in [4.78, 5) is 14.9. The zero-order valence-corrected chi connectivity index (χ0v) is 18.0. The molecule has 33 heavy (non-hydrogen) atoms. The Labute approximate surface area is 189 Å². The molecular weight excluding hydrogens is 433 g/mol. The number of amides is 1. The number of ether oxygens (including phenoxy) is 1. The minimum Gasteiger partial charge on any atom is -0.497 e. The van der Waals surface area contributed by atoms with Crippen LogP contribution in [0, 0.1) is 0 Å². The largest absolute Gasteiger partial charge is 0.497 e. The first-order valence-electron chi connectivity index (χ1n) is 10.8. The Morgan fingerprint density at radius 2 is 1.97 bits per heavy atom. The van der Waals surface area contributed by atoms with Gasteiger partial charge in [-0.1, -0.05) is 30.3 Å². The molecule has 0 unspecified atom stereocenters. The Hall–Kier alpha value is -3.49. The molecule has 1 amide bonds. The van der Waals surface area contributed by atoms with Gasteiger partial charge in [0, 0.05) is 24.7 Å². The minimum atomic E-state index is -4.52. The molecule has 0 radical (unpaired) electrons. The van der Waals surface area contributed by atoms with Crippen LogP contribution < -0.4 is 15.0 Å². The van der Waals surface area contributed by atoms with E-state index in [0.717, 1.165) is 28.8 Å². The molecule has 3 aromatic rings. The number of aromatic nitrogens is 2. The average Bonchev–Trinajstić information content (AvgIpc) is 3.26. The van der Waals surface area contributed by atoms with E-state index >= 15 is 0 Å². The van der Waals surface area contributed by atoms with E-state index in [-0.39, 0.29) is 17.9 Å². The fourth-order valence-electron chi connectivity index (χ4n) is 4.64. The van der Waals surface area contributed by atoms with E-state index in [0.29, 0.717) is 17.9 Å². The SMILES string of the molecule is COc1cccc([C@H]2C[C@@H](C(F)(F)F)n3nc(C(=O)N4CCCc5ccccc54)cc3N2)c1. The lowest BCUT2D eigenvalue weighted by molar-refractivity contribution is -0.173. The van der Waals surface area contributed by atoms with Crippen LogP contribution in [0.25, 0.3) is 0 Å². The zero-order chi connectivity index (χ0) is 23.2. The van der Waals surface area contributed by atoms with E-state index in [9.17, 15) is 18.0 Å². The van der Waals surface area contributed by atoms with Crippen LogP contribution in [0.2, 0.25) is 0 Å². The number of methoxy groups -OCH3 is 1. The third-order valence-corrected chi connectivity index (χ3v) is 6.26. The predicted molar refractivity (Wildman–Crippen MR) is 118 cm³/mol. The second kappa shape index (κ2) is 8.13. The molecule has 2 aliphatic heterocycles. The summed E-state index contributed by atoms with van der Waals surface area (Å²) in [5.74, 6) is 0.339. The van der Waals surface area contributed by atoms with Crippen LogP contribution >= 0.6 is 0 Å². The number of rotatable bonds is 3. The normalized spacial score (nSPS) is 19.9. The van der Waals surface area contributed by atoms with Gasteiger partial charge in [-0.3, -0.25) is 4.79 Å². The number of nitrogens with one attached hydrogen (secondary N) is 1. The van der Waals surface area contributed by atoms with Crippen molar-refractivity contribution in [1.82, 2.24) is 9.78 Å². The maximum Gasteiger partial charge on any atom is 0.410 e. The average molecular weight is 456 g/mol. The number of benzene rings is 2. The molecule has 1 N–H and O–H groups in total. The lowest BCUT2D eigenvalue weighted by Gasteiger charge is -2.33. The number of para-hydroxylation sites is 1. The van der Waals surface area contributed by atoms with Gasteiger partial charge in [0.15, 0.2) is 11.7 Å². The van der Waals surface area contributed by atoms with Gasteiger partial charge in [-0.25, -0.2) is 4.68 Å². The number of carbonyl (C=O) groups excluding carboxylic acids is 1. The summed E-state index contributed by atoms with van der Waals surface area (Å²) in [5.41, 5.74) is 2.50. The highest BCUT2D eigenvalue weighted by atomic mass is 19.4. The standard InChI is InChI=1S/C24H23F3N4O2/c1-33-17-9-4-7-16(12-17)18-13-21(24(25,26)27)31-22(28-18)14-19(29-31)23(32)30-11-5-8-15-6-2-3-10-20(15)30/h2-4,6-7,9-10,12,14,18,21,28H,5,8,11,13H2,1H3/t18-,21+/m1/s1. The monoisotopic (exact) mass is 456 g/mol. The number of alkyl halides is 3. The zero-order valence-electron chi connectivity index (χ0n) is 18.0. The Bertz CT molecular complexity index is 1190. The predicted octanol–water partition coefficient (Wildman–Crippen LogP) is 5.15. The second-order valence-corrected chi connectivity index (χ2v) is 8.32. The fraction of sp³-hybridized carbons (Fsp3) is 0.333. The van der Waals surface area contributed by atoms with Crippen molar-refractivity contribution in [3.05, 3.63) is 71.4 Å². The number of nitrogens with zero attached hydrogens (tertiary/aromatic N) is 3. The highest BCUT2D eigenvalue weighted by Crippen LogP contribution is 2.44. The number of carbonyl (C=O) groups is 1. The summed E-state index contributed by atoms with van der Waals surface area (Å²) in [6.45, 7) is 0.501. The van der Waals surface area contributed by atoms with E-state index in [1.807, 2.05) is 24.3 Å². The topological polar surface area (TPSA) is 59.4 Å². The van der Waals surface area contributed by atoms with Crippen molar-refractivity contribution >= 4 is 17.4 Å². The Kier molecular flexibility index (Phi) is 5.26. The summed E-state index contributed by atoms with van der Waals surface area (Å²) >= 11 is 0. The van der Waals surface area contributed by atoms with Gasteiger partial charge in [0.25, 0.3) is 5.91 Å². The Balaban J connectivity index is 1.50. The molecule has 0 bridgehead atoms. The molecule has 2 aliphatic rings. The number of hydrogen-bond acceptors (Lipinski definition) is 4. The Morgan fingerprint density at radius 1 is 1.15 bits per heavy atom. The summed E-state index contributed by atoms with van der Waals surface area (Å²) in [7, 11) is 1.51. The molecule has 1 aromatic heterocycles. The fourth-order valence-corrected chi connectivity index (χ4v) is 4.64. The van der Waals surface area contributed by atoms with Crippen LogP contribution in [0.5, 0.6) is 5.75 Å². The molecule has 0 saturated carbocycles. The number of fused-ring (bicyclic) bond motifs is 2. The molecule has 0 saturated heterocycles. The number of anilines is 2. The molecule has 6 nitrogen and oxygen atoms in total. The smallest absolute Gasteiger partial charge is 0.410 e. The number of hydrogen-bond donors (Lipinski definition) is 1. The van der Waals surface area contributed by atoms with Gasteiger partial charge < -0.3 is 15.0 Å². The van der Waals surface area contributed by atoms with E-state index in [1.165, 1.54) is 13.2 Å². The maximum atomic E-state index is 14.0. The van der Waals surface area contributed by atoms with Gasteiger partial charge >= 0.3 is 6.18 Å². The second-order valence-electron chi connectivity index (χ2n) is 8.32. The van der Waals surface area contributed by atoms with Gasteiger partial charge in [0.05, 0.1) is 13.2 Å². The molecule has 0 aliphatic carbocycles. The lowest BCUT2D eigenvalue weighted by atomic mass is 9.97. The molecule has 0 spiro atoms. The van der Waals surface area contributed by atoms with Crippen molar-refractivity contribution in [2.45, 2.75) is 37.5 Å².